The Morgan fingerprint density at radius 2 is 1.94 bits per heavy atom. The molecule has 0 fully saturated rings. The summed E-state index contributed by atoms with van der Waals surface area (Å²) in [6.07, 6.45) is 0. The maximum atomic E-state index is 4.67. The van der Waals surface area contributed by atoms with Crippen molar-refractivity contribution in [3.8, 4) is 0 Å². The second-order valence-corrected chi connectivity index (χ2v) is 5.92. The number of rotatable bonds is 2. The highest BCUT2D eigenvalue weighted by Gasteiger charge is 2.12. The molecule has 2 rings (SSSR count). The fourth-order valence-electron chi connectivity index (χ4n) is 1.95. The van der Waals surface area contributed by atoms with E-state index in [2.05, 4.69) is 71.5 Å². The van der Waals surface area contributed by atoms with E-state index in [1.54, 1.807) is 0 Å². The first-order chi connectivity index (χ1) is 7.50. The number of aryl methyl sites for hydroxylation is 1. The first-order valence-electron chi connectivity index (χ1n) is 5.61. The lowest BCUT2D eigenvalue weighted by Crippen LogP contribution is -1.97. The van der Waals surface area contributed by atoms with Crippen LogP contribution < -0.4 is 0 Å². The summed E-state index contributed by atoms with van der Waals surface area (Å²) in [7, 11) is 2.07. The van der Waals surface area contributed by atoms with Crippen molar-refractivity contribution in [1.82, 2.24) is 9.55 Å². The number of fused-ring (bicyclic) bond motifs is 1. The Balaban J connectivity index is 2.63. The minimum absolute atomic E-state index is 0.285. The number of halogens is 1. The minimum atomic E-state index is 0.285. The Labute approximate surface area is 105 Å². The first kappa shape index (κ1) is 11.6. The molecule has 3 heteroatoms. The minimum Gasteiger partial charge on any atom is -0.330 e. The monoisotopic (exact) mass is 280 g/mol. The summed E-state index contributed by atoms with van der Waals surface area (Å²) in [5.41, 5.74) is 3.64. The molecule has 0 aliphatic rings. The highest BCUT2D eigenvalue weighted by Crippen LogP contribution is 2.26. The van der Waals surface area contributed by atoms with Gasteiger partial charge in [-0.3, -0.25) is 0 Å². The van der Waals surface area contributed by atoms with Crippen LogP contribution in [-0.4, -0.2) is 9.55 Å². The molecular weight excluding hydrogens is 264 g/mol. The van der Waals surface area contributed by atoms with Gasteiger partial charge in [0.2, 0.25) is 0 Å². The average Bonchev–Trinajstić information content (AvgIpc) is 2.55. The van der Waals surface area contributed by atoms with Gasteiger partial charge in [0, 0.05) is 7.05 Å². The van der Waals surface area contributed by atoms with Crippen LogP contribution in [0.15, 0.2) is 18.2 Å². The van der Waals surface area contributed by atoms with Crippen molar-refractivity contribution in [2.24, 2.45) is 7.05 Å². The van der Waals surface area contributed by atoms with E-state index in [4.69, 9.17) is 0 Å². The summed E-state index contributed by atoms with van der Waals surface area (Å²) in [5.74, 6) is 1.63. The molecule has 0 spiro atoms. The SMILES string of the molecule is CC(C)c1ccc2c(c1)nc(C(C)Br)n2C. The molecule has 2 nitrogen and oxygen atoms in total. The second-order valence-electron chi connectivity index (χ2n) is 4.55. The lowest BCUT2D eigenvalue weighted by atomic mass is 10.0. The molecule has 1 atom stereocenters. The van der Waals surface area contributed by atoms with E-state index in [0.717, 1.165) is 11.3 Å². The van der Waals surface area contributed by atoms with Crippen molar-refractivity contribution in [2.75, 3.05) is 0 Å². The van der Waals surface area contributed by atoms with E-state index in [1.807, 2.05) is 0 Å². The molecule has 1 aromatic carbocycles. The van der Waals surface area contributed by atoms with Gasteiger partial charge in [0.1, 0.15) is 5.82 Å². The van der Waals surface area contributed by atoms with Crippen LogP contribution in [0.5, 0.6) is 0 Å². The number of nitrogens with zero attached hydrogens (tertiary/aromatic N) is 2. The average molecular weight is 281 g/mol. The molecule has 0 saturated carbocycles. The largest absolute Gasteiger partial charge is 0.330 e. The summed E-state index contributed by atoms with van der Waals surface area (Å²) in [6.45, 7) is 6.51. The normalized spacial score (nSPS) is 13.6. The zero-order valence-corrected chi connectivity index (χ0v) is 11.7. The van der Waals surface area contributed by atoms with Gasteiger partial charge in [0.05, 0.1) is 15.9 Å². The van der Waals surface area contributed by atoms with Crippen LogP contribution in [0.4, 0.5) is 0 Å². The predicted octanol–water partition coefficient (Wildman–Crippen LogP) is 4.15. The molecular formula is C13H17BrN2. The molecule has 0 radical (unpaired) electrons. The van der Waals surface area contributed by atoms with Crippen LogP contribution in [-0.2, 0) is 7.05 Å². The lowest BCUT2D eigenvalue weighted by Gasteiger charge is -2.05. The van der Waals surface area contributed by atoms with E-state index in [9.17, 15) is 0 Å². The van der Waals surface area contributed by atoms with Crippen LogP contribution in [0.1, 0.15) is 42.9 Å². The zero-order chi connectivity index (χ0) is 11.9. The van der Waals surface area contributed by atoms with Gasteiger partial charge in [-0.05, 0) is 30.5 Å². The second kappa shape index (κ2) is 4.21. The zero-order valence-electron chi connectivity index (χ0n) is 10.2. The van der Waals surface area contributed by atoms with Gasteiger partial charge in [0.15, 0.2) is 0 Å². The van der Waals surface area contributed by atoms with Crippen molar-refractivity contribution >= 4 is 27.0 Å². The van der Waals surface area contributed by atoms with Gasteiger partial charge < -0.3 is 4.57 Å². The van der Waals surface area contributed by atoms with Crippen LogP contribution >= 0.6 is 15.9 Å². The molecule has 1 unspecified atom stereocenters. The number of benzene rings is 1. The number of imidazole rings is 1. The number of hydrogen-bond acceptors (Lipinski definition) is 1. The fraction of sp³-hybridized carbons (Fsp3) is 0.462. The summed E-state index contributed by atoms with van der Waals surface area (Å²) < 4.78 is 2.15. The smallest absolute Gasteiger partial charge is 0.123 e. The Kier molecular flexibility index (Phi) is 3.06. The van der Waals surface area contributed by atoms with E-state index in [0.29, 0.717) is 5.92 Å². The Bertz CT molecular complexity index is 512. The number of alkyl halides is 1. The quantitative estimate of drug-likeness (QED) is 0.756. The molecule has 16 heavy (non-hydrogen) atoms. The van der Waals surface area contributed by atoms with Gasteiger partial charge in [-0.2, -0.15) is 0 Å². The summed E-state index contributed by atoms with van der Waals surface area (Å²) in [4.78, 5) is 4.96. The molecule has 2 aromatic rings. The predicted molar refractivity (Wildman–Crippen MR) is 72.1 cm³/mol. The molecule has 0 N–H and O–H groups in total. The third-order valence-electron chi connectivity index (χ3n) is 2.96. The summed E-state index contributed by atoms with van der Waals surface area (Å²) in [6, 6.07) is 6.55. The van der Waals surface area contributed by atoms with Crippen molar-refractivity contribution in [3.05, 3.63) is 29.6 Å². The summed E-state index contributed by atoms with van der Waals surface area (Å²) >= 11 is 3.58. The fourth-order valence-corrected chi connectivity index (χ4v) is 2.36. The third-order valence-corrected chi connectivity index (χ3v) is 3.37. The first-order valence-corrected chi connectivity index (χ1v) is 6.52. The van der Waals surface area contributed by atoms with Crippen molar-refractivity contribution in [2.45, 2.75) is 31.5 Å². The molecule has 0 aliphatic heterocycles. The van der Waals surface area contributed by atoms with Crippen LogP contribution in [0.2, 0.25) is 0 Å². The molecule has 1 aromatic heterocycles. The highest BCUT2D eigenvalue weighted by atomic mass is 79.9. The Morgan fingerprint density at radius 3 is 2.50 bits per heavy atom. The van der Waals surface area contributed by atoms with Crippen molar-refractivity contribution in [3.63, 3.8) is 0 Å². The maximum absolute atomic E-state index is 4.67. The molecule has 0 bridgehead atoms. The molecule has 0 amide bonds. The van der Waals surface area contributed by atoms with Gasteiger partial charge in [-0.1, -0.05) is 35.8 Å². The van der Waals surface area contributed by atoms with Crippen LogP contribution in [0.25, 0.3) is 11.0 Å². The van der Waals surface area contributed by atoms with Crippen LogP contribution in [0, 0.1) is 0 Å². The lowest BCUT2D eigenvalue weighted by molar-refractivity contribution is 0.824. The van der Waals surface area contributed by atoms with Crippen molar-refractivity contribution in [1.29, 1.82) is 0 Å². The molecule has 0 saturated heterocycles. The summed E-state index contributed by atoms with van der Waals surface area (Å²) in [5, 5.41) is 0. The van der Waals surface area contributed by atoms with E-state index in [1.165, 1.54) is 11.1 Å². The van der Waals surface area contributed by atoms with Gasteiger partial charge in [0.25, 0.3) is 0 Å². The standard InChI is InChI=1S/C13H17BrN2/c1-8(2)10-5-6-12-11(7-10)15-13(9(3)14)16(12)4/h5-9H,1-4H3. The van der Waals surface area contributed by atoms with Gasteiger partial charge in [-0.15, -0.1) is 0 Å². The molecule has 0 aliphatic carbocycles. The third kappa shape index (κ3) is 1.88. The molecule has 1 heterocycles. The van der Waals surface area contributed by atoms with E-state index in [-0.39, 0.29) is 4.83 Å². The number of hydrogen-bond donors (Lipinski definition) is 0. The van der Waals surface area contributed by atoms with E-state index < -0.39 is 0 Å². The van der Waals surface area contributed by atoms with Gasteiger partial charge >= 0.3 is 0 Å². The number of aromatic nitrogens is 2. The highest BCUT2D eigenvalue weighted by molar-refractivity contribution is 9.09. The molecule has 86 valence electrons. The topological polar surface area (TPSA) is 17.8 Å². The van der Waals surface area contributed by atoms with Crippen molar-refractivity contribution < 1.29 is 0 Å². The maximum Gasteiger partial charge on any atom is 0.123 e. The van der Waals surface area contributed by atoms with Gasteiger partial charge in [-0.25, -0.2) is 4.98 Å². The Morgan fingerprint density at radius 1 is 1.25 bits per heavy atom. The van der Waals surface area contributed by atoms with Crippen LogP contribution in [0.3, 0.4) is 0 Å². The Hall–Kier alpha value is -0.830. The van der Waals surface area contributed by atoms with E-state index >= 15 is 0 Å².